The van der Waals surface area contributed by atoms with Gasteiger partial charge in [0.05, 0.1) is 6.61 Å². The van der Waals surface area contributed by atoms with Crippen LogP contribution in [0.1, 0.15) is 23.0 Å². The average molecular weight is 375 g/mol. The molecule has 9 heteroatoms. The first-order valence-corrected chi connectivity index (χ1v) is 8.33. The van der Waals surface area contributed by atoms with Crippen molar-refractivity contribution in [3.8, 4) is 5.75 Å². The van der Waals surface area contributed by atoms with Crippen LogP contribution in [0.3, 0.4) is 0 Å². The molecule has 0 radical (unpaired) electrons. The molecule has 2 rings (SSSR count). The molecule has 0 fully saturated rings. The number of nitrogens with zero attached hydrogens (tertiary/aromatic N) is 1. The number of rotatable bonds is 8. The summed E-state index contributed by atoms with van der Waals surface area (Å²) in [6.45, 7) is 2.80. The van der Waals surface area contributed by atoms with Crippen LogP contribution in [-0.2, 0) is 11.3 Å². The Kier molecular flexibility index (Phi) is 7.24. The van der Waals surface area contributed by atoms with Crippen molar-refractivity contribution in [2.24, 2.45) is 0 Å². The third kappa shape index (κ3) is 6.07. The summed E-state index contributed by atoms with van der Waals surface area (Å²) in [5, 5.41) is 14.4. The Morgan fingerprint density at radius 1 is 1.07 bits per heavy atom. The van der Waals surface area contributed by atoms with E-state index in [0.29, 0.717) is 6.61 Å². The Morgan fingerprint density at radius 2 is 1.78 bits per heavy atom. The predicted octanol–water partition coefficient (Wildman–Crippen LogP) is 1.14. The van der Waals surface area contributed by atoms with Crippen LogP contribution >= 0.6 is 0 Å². The Morgan fingerprint density at radius 3 is 2.48 bits per heavy atom. The van der Waals surface area contributed by atoms with Gasteiger partial charge in [-0.05, 0) is 30.7 Å². The van der Waals surface area contributed by atoms with Crippen molar-refractivity contribution < 1.29 is 24.3 Å². The second-order valence-corrected chi connectivity index (χ2v) is 5.40. The van der Waals surface area contributed by atoms with E-state index in [9.17, 15) is 19.6 Å². The van der Waals surface area contributed by atoms with Gasteiger partial charge in [0.15, 0.2) is 0 Å². The minimum absolute atomic E-state index is 0.0973. The predicted molar refractivity (Wildman–Crippen MR) is 96.0 cm³/mol. The highest BCUT2D eigenvalue weighted by Crippen LogP contribution is 2.12. The highest BCUT2D eigenvalue weighted by atomic mass is 16.5. The van der Waals surface area contributed by atoms with Crippen LogP contribution in [-0.4, -0.2) is 41.6 Å². The average Bonchev–Trinajstić information content (AvgIpc) is 2.67. The number of nitrogens with one attached hydrogen (secondary N) is 2. The number of amides is 2. The lowest BCUT2D eigenvalue weighted by atomic mass is 10.2. The maximum absolute atomic E-state index is 11.9. The molecule has 144 valence electrons. The second kappa shape index (κ2) is 9.85. The van der Waals surface area contributed by atoms with E-state index in [4.69, 9.17) is 9.47 Å². The molecule has 1 heterocycles. The van der Waals surface area contributed by atoms with Crippen LogP contribution in [0.5, 0.6) is 5.75 Å². The fourth-order valence-corrected chi connectivity index (χ4v) is 2.13. The van der Waals surface area contributed by atoms with E-state index in [1.807, 2.05) is 6.92 Å². The van der Waals surface area contributed by atoms with Crippen LogP contribution in [0.15, 0.2) is 47.3 Å². The Labute approximate surface area is 155 Å². The Balaban J connectivity index is 1.68. The summed E-state index contributed by atoms with van der Waals surface area (Å²) in [4.78, 5) is 34.8. The van der Waals surface area contributed by atoms with E-state index in [-0.39, 0.29) is 30.1 Å². The van der Waals surface area contributed by atoms with Gasteiger partial charge in [-0.25, -0.2) is 4.79 Å². The topological polar surface area (TPSA) is 119 Å². The van der Waals surface area contributed by atoms with Gasteiger partial charge in [0.2, 0.25) is 0 Å². The molecule has 0 aliphatic heterocycles. The number of hydrogen-bond acceptors (Lipinski definition) is 6. The van der Waals surface area contributed by atoms with Crippen molar-refractivity contribution in [2.75, 3.05) is 19.7 Å². The number of carbonyl (C=O) groups is 2. The summed E-state index contributed by atoms with van der Waals surface area (Å²) in [6.07, 6.45) is -0.628. The summed E-state index contributed by atoms with van der Waals surface area (Å²) in [7, 11) is 0. The van der Waals surface area contributed by atoms with E-state index in [2.05, 4.69) is 10.6 Å². The summed E-state index contributed by atoms with van der Waals surface area (Å²) < 4.78 is 10.7. The van der Waals surface area contributed by atoms with Gasteiger partial charge >= 0.3 is 6.09 Å². The lowest BCUT2D eigenvalue weighted by Gasteiger charge is -2.09. The first kappa shape index (κ1) is 19.8. The van der Waals surface area contributed by atoms with Gasteiger partial charge < -0.3 is 25.3 Å². The van der Waals surface area contributed by atoms with Gasteiger partial charge in [0, 0.05) is 19.2 Å². The fourth-order valence-electron chi connectivity index (χ4n) is 2.13. The van der Waals surface area contributed by atoms with Gasteiger partial charge in [-0.2, -0.15) is 0 Å². The molecular formula is C18H21N3O6. The first-order chi connectivity index (χ1) is 13.0. The molecule has 2 aromatic rings. The number of aromatic nitrogens is 1. The van der Waals surface area contributed by atoms with Gasteiger partial charge in [0.25, 0.3) is 11.5 Å². The third-order valence-electron chi connectivity index (χ3n) is 3.45. The van der Waals surface area contributed by atoms with E-state index < -0.39 is 17.6 Å². The molecule has 0 atom stereocenters. The van der Waals surface area contributed by atoms with Crippen LogP contribution in [0.25, 0.3) is 0 Å². The van der Waals surface area contributed by atoms with Crippen molar-refractivity contribution in [3.05, 3.63) is 64.1 Å². The zero-order valence-corrected chi connectivity index (χ0v) is 14.8. The second-order valence-electron chi connectivity index (χ2n) is 5.40. The highest BCUT2D eigenvalue weighted by Gasteiger charge is 2.11. The molecule has 0 aliphatic rings. The zero-order valence-electron chi connectivity index (χ0n) is 14.8. The van der Waals surface area contributed by atoms with Crippen molar-refractivity contribution in [2.45, 2.75) is 13.5 Å². The van der Waals surface area contributed by atoms with Crippen molar-refractivity contribution in [1.82, 2.24) is 15.4 Å². The minimum atomic E-state index is -0.710. The van der Waals surface area contributed by atoms with Crippen molar-refractivity contribution >= 4 is 12.0 Å². The summed E-state index contributed by atoms with van der Waals surface area (Å²) in [6, 6.07) is 11.0. The number of ether oxygens (including phenoxy) is 2. The van der Waals surface area contributed by atoms with E-state index in [1.54, 1.807) is 24.3 Å². The molecule has 0 saturated carbocycles. The zero-order chi connectivity index (χ0) is 19.6. The number of alkyl carbamates (subject to hydrolysis) is 1. The standard InChI is InChI=1S/C18H21N3O6/c1-2-26-14-8-6-13(7-9-14)12-27-18(24)20-11-10-19-17(23)15-4-3-5-16(22)21(15)25/h3-9,25H,2,10-12H2,1H3,(H,19,23)(H,20,24). The van der Waals surface area contributed by atoms with Crippen LogP contribution < -0.4 is 20.9 Å². The minimum Gasteiger partial charge on any atom is -0.494 e. The van der Waals surface area contributed by atoms with E-state index >= 15 is 0 Å². The third-order valence-corrected chi connectivity index (χ3v) is 3.45. The maximum Gasteiger partial charge on any atom is 0.407 e. The van der Waals surface area contributed by atoms with E-state index in [1.165, 1.54) is 12.1 Å². The first-order valence-electron chi connectivity index (χ1n) is 8.33. The fraction of sp³-hybridized carbons (Fsp3) is 0.278. The van der Waals surface area contributed by atoms with Gasteiger partial charge in [-0.15, -0.1) is 4.73 Å². The smallest absolute Gasteiger partial charge is 0.407 e. The molecule has 0 aliphatic carbocycles. The SMILES string of the molecule is CCOc1ccc(COC(=O)NCCNC(=O)c2cccc(=O)n2O)cc1. The lowest BCUT2D eigenvalue weighted by Crippen LogP contribution is -2.37. The van der Waals surface area contributed by atoms with Gasteiger partial charge in [-0.1, -0.05) is 18.2 Å². The van der Waals surface area contributed by atoms with Gasteiger partial charge in [0.1, 0.15) is 18.1 Å². The quantitative estimate of drug-likeness (QED) is 0.470. The van der Waals surface area contributed by atoms with Gasteiger partial charge in [-0.3, -0.25) is 9.59 Å². The molecule has 0 saturated heterocycles. The molecule has 0 spiro atoms. The van der Waals surface area contributed by atoms with Crippen molar-refractivity contribution in [3.63, 3.8) is 0 Å². The molecule has 1 aromatic heterocycles. The molecule has 2 amide bonds. The monoisotopic (exact) mass is 375 g/mol. The number of pyridine rings is 1. The van der Waals surface area contributed by atoms with Crippen LogP contribution in [0.4, 0.5) is 4.79 Å². The Hall–Kier alpha value is -3.49. The molecule has 0 bridgehead atoms. The van der Waals surface area contributed by atoms with Crippen molar-refractivity contribution in [1.29, 1.82) is 0 Å². The molecular weight excluding hydrogens is 354 g/mol. The summed E-state index contributed by atoms with van der Waals surface area (Å²) in [5.41, 5.74) is -0.0916. The normalized spacial score (nSPS) is 10.1. The highest BCUT2D eigenvalue weighted by molar-refractivity contribution is 5.92. The molecule has 9 nitrogen and oxygen atoms in total. The maximum atomic E-state index is 11.9. The summed E-state index contributed by atoms with van der Waals surface area (Å²) in [5.74, 6) is 0.105. The summed E-state index contributed by atoms with van der Waals surface area (Å²) >= 11 is 0. The largest absolute Gasteiger partial charge is 0.494 e. The number of benzene rings is 1. The molecule has 27 heavy (non-hydrogen) atoms. The number of carbonyl (C=O) groups excluding carboxylic acids is 2. The molecule has 3 N–H and O–H groups in total. The van der Waals surface area contributed by atoms with E-state index in [0.717, 1.165) is 17.4 Å². The van der Waals surface area contributed by atoms with Crippen LogP contribution in [0.2, 0.25) is 0 Å². The molecule has 0 unspecified atom stereocenters. The Bertz CT molecular complexity index is 832. The number of hydrogen-bond donors (Lipinski definition) is 3. The van der Waals surface area contributed by atoms with Crippen LogP contribution in [0, 0.1) is 0 Å². The molecule has 1 aromatic carbocycles. The lowest BCUT2D eigenvalue weighted by molar-refractivity contribution is 0.0890.